The first-order valence-corrected chi connectivity index (χ1v) is 9.56. The van der Waals surface area contributed by atoms with Crippen LogP contribution >= 0.6 is 34.7 Å². The Hall–Kier alpha value is -2.08. The summed E-state index contributed by atoms with van der Waals surface area (Å²) in [5.41, 5.74) is 0.680. The van der Waals surface area contributed by atoms with Crippen LogP contribution in [0.3, 0.4) is 0 Å². The fourth-order valence-corrected chi connectivity index (χ4v) is 3.72. The summed E-state index contributed by atoms with van der Waals surface area (Å²) in [7, 11) is 0. The lowest BCUT2D eigenvalue weighted by atomic mass is 10.2. The van der Waals surface area contributed by atoms with Gasteiger partial charge in [0, 0.05) is 23.8 Å². The quantitative estimate of drug-likeness (QED) is 0.515. The number of nitrogens with one attached hydrogen (secondary N) is 1. The summed E-state index contributed by atoms with van der Waals surface area (Å²) in [6.45, 7) is 4.55. The van der Waals surface area contributed by atoms with E-state index in [1.807, 2.05) is 0 Å². The number of rotatable bonds is 9. The predicted octanol–water partition coefficient (Wildman–Crippen LogP) is 3.83. The zero-order valence-corrected chi connectivity index (χ0v) is 15.7. The van der Waals surface area contributed by atoms with Crippen molar-refractivity contribution in [3.05, 3.63) is 41.9 Å². The second-order valence-corrected chi connectivity index (χ2v) is 7.40. The third-order valence-electron chi connectivity index (χ3n) is 2.99. The molecule has 9 heteroatoms. The van der Waals surface area contributed by atoms with Crippen molar-refractivity contribution >= 4 is 51.4 Å². The minimum absolute atomic E-state index is 0.113. The molecule has 0 spiro atoms. The highest BCUT2D eigenvalue weighted by Crippen LogP contribution is 2.27. The van der Waals surface area contributed by atoms with E-state index in [0.29, 0.717) is 33.3 Å². The van der Waals surface area contributed by atoms with Crippen LogP contribution in [0.25, 0.3) is 0 Å². The van der Waals surface area contributed by atoms with E-state index in [4.69, 9.17) is 16.9 Å². The van der Waals surface area contributed by atoms with E-state index in [9.17, 15) is 4.79 Å². The molecule has 1 heterocycles. The SMILES string of the molecule is C=CCNc1nnc(SCC(=O)N(CCC#N)c2cccc(Cl)c2)s1. The number of carbonyl (C=O) groups excluding carboxylic acids is 1. The molecule has 2 rings (SSSR count). The average Bonchev–Trinajstić information content (AvgIpc) is 3.06. The van der Waals surface area contributed by atoms with Crippen molar-refractivity contribution in [1.29, 1.82) is 5.26 Å². The van der Waals surface area contributed by atoms with Crippen LogP contribution in [0.2, 0.25) is 5.02 Å². The predicted molar refractivity (Wildman–Crippen MR) is 103 cm³/mol. The maximum Gasteiger partial charge on any atom is 0.237 e. The molecule has 6 nitrogen and oxygen atoms in total. The van der Waals surface area contributed by atoms with Crippen molar-refractivity contribution in [2.75, 3.05) is 29.1 Å². The average molecular weight is 394 g/mol. The fraction of sp³-hybridized carbons (Fsp3) is 0.250. The zero-order chi connectivity index (χ0) is 18.1. The molecule has 0 aliphatic rings. The van der Waals surface area contributed by atoms with Crippen LogP contribution in [0.5, 0.6) is 0 Å². The highest BCUT2D eigenvalue weighted by molar-refractivity contribution is 8.01. The summed E-state index contributed by atoms with van der Waals surface area (Å²) in [6.07, 6.45) is 1.98. The standard InChI is InChI=1S/C16H16ClN5OS2/c1-2-8-19-15-20-21-16(25-15)24-11-14(23)22(9-4-7-18)13-6-3-5-12(17)10-13/h2-3,5-6,10H,1,4,8-9,11H2,(H,19,20). The molecule has 0 saturated carbocycles. The Morgan fingerprint density at radius 1 is 1.52 bits per heavy atom. The lowest BCUT2D eigenvalue weighted by Crippen LogP contribution is -2.33. The van der Waals surface area contributed by atoms with Gasteiger partial charge in [-0.15, -0.1) is 16.8 Å². The minimum Gasteiger partial charge on any atom is -0.357 e. The van der Waals surface area contributed by atoms with Gasteiger partial charge in [0.05, 0.1) is 18.2 Å². The Kier molecular flexibility index (Phi) is 7.73. The summed E-state index contributed by atoms with van der Waals surface area (Å²) in [4.78, 5) is 14.2. The number of hydrogen-bond donors (Lipinski definition) is 1. The molecule has 0 atom stereocenters. The minimum atomic E-state index is -0.113. The van der Waals surface area contributed by atoms with Crippen molar-refractivity contribution in [2.45, 2.75) is 10.8 Å². The van der Waals surface area contributed by atoms with Crippen LogP contribution in [-0.2, 0) is 4.79 Å². The topological polar surface area (TPSA) is 81.9 Å². The molecule has 1 N–H and O–H groups in total. The summed E-state index contributed by atoms with van der Waals surface area (Å²) < 4.78 is 0.700. The van der Waals surface area contributed by atoms with Gasteiger partial charge < -0.3 is 10.2 Å². The van der Waals surface area contributed by atoms with Gasteiger partial charge >= 0.3 is 0 Å². The van der Waals surface area contributed by atoms with Gasteiger partial charge in [0.15, 0.2) is 4.34 Å². The molecule has 25 heavy (non-hydrogen) atoms. The molecule has 1 amide bonds. The van der Waals surface area contributed by atoms with Crippen molar-refractivity contribution in [3.63, 3.8) is 0 Å². The molecule has 0 aliphatic heterocycles. The first-order chi connectivity index (χ1) is 12.1. The number of anilines is 2. The lowest BCUT2D eigenvalue weighted by Gasteiger charge is -2.21. The van der Waals surface area contributed by atoms with Crippen molar-refractivity contribution in [2.24, 2.45) is 0 Å². The van der Waals surface area contributed by atoms with Gasteiger partial charge in [-0.25, -0.2) is 0 Å². The van der Waals surface area contributed by atoms with Crippen molar-refractivity contribution in [1.82, 2.24) is 10.2 Å². The van der Waals surface area contributed by atoms with Crippen LogP contribution in [0.15, 0.2) is 41.3 Å². The number of carbonyl (C=O) groups is 1. The molecule has 1 aromatic heterocycles. The number of benzene rings is 1. The van der Waals surface area contributed by atoms with Gasteiger partial charge in [-0.3, -0.25) is 4.79 Å². The number of nitrogens with zero attached hydrogens (tertiary/aromatic N) is 4. The smallest absolute Gasteiger partial charge is 0.237 e. The molecule has 0 bridgehead atoms. The fourth-order valence-electron chi connectivity index (χ4n) is 1.90. The van der Waals surface area contributed by atoms with Crippen LogP contribution in [-0.4, -0.2) is 34.9 Å². The molecule has 0 fully saturated rings. The molecule has 130 valence electrons. The van der Waals surface area contributed by atoms with E-state index >= 15 is 0 Å². The van der Waals surface area contributed by atoms with Crippen LogP contribution in [0.1, 0.15) is 6.42 Å². The number of halogens is 1. The van der Waals surface area contributed by atoms with Crippen LogP contribution < -0.4 is 10.2 Å². The molecular formula is C16H16ClN5OS2. The van der Waals surface area contributed by atoms with E-state index in [1.54, 1.807) is 35.2 Å². The van der Waals surface area contributed by atoms with Gasteiger partial charge in [-0.2, -0.15) is 5.26 Å². The van der Waals surface area contributed by atoms with Crippen molar-refractivity contribution < 1.29 is 4.79 Å². The van der Waals surface area contributed by atoms with E-state index in [1.165, 1.54) is 23.1 Å². The first kappa shape index (κ1) is 19.2. The molecule has 0 saturated heterocycles. The monoisotopic (exact) mass is 393 g/mol. The van der Waals surface area contributed by atoms with Gasteiger partial charge in [-0.05, 0) is 18.2 Å². The molecular weight excluding hydrogens is 378 g/mol. The number of nitriles is 1. The number of hydrogen-bond acceptors (Lipinski definition) is 7. The zero-order valence-electron chi connectivity index (χ0n) is 13.3. The summed E-state index contributed by atoms with van der Waals surface area (Å²) in [5.74, 6) is 0.0897. The second-order valence-electron chi connectivity index (χ2n) is 4.76. The van der Waals surface area contributed by atoms with Gasteiger partial charge in [-0.1, -0.05) is 46.8 Å². The Labute approximate surface area is 159 Å². The van der Waals surface area contributed by atoms with Gasteiger partial charge in [0.1, 0.15) is 0 Å². The van der Waals surface area contributed by atoms with Crippen LogP contribution in [0, 0.1) is 11.3 Å². The first-order valence-electron chi connectivity index (χ1n) is 7.38. The Bertz CT molecular complexity index is 774. The van der Waals surface area contributed by atoms with E-state index in [2.05, 4.69) is 28.2 Å². The van der Waals surface area contributed by atoms with E-state index < -0.39 is 0 Å². The summed E-state index contributed by atoms with van der Waals surface area (Å²) in [6, 6.07) is 9.09. The second kappa shape index (κ2) is 10.0. The Morgan fingerprint density at radius 2 is 2.36 bits per heavy atom. The highest BCUT2D eigenvalue weighted by Gasteiger charge is 2.17. The Morgan fingerprint density at radius 3 is 3.08 bits per heavy atom. The third kappa shape index (κ3) is 6.05. The molecule has 0 radical (unpaired) electrons. The van der Waals surface area contributed by atoms with Gasteiger partial charge in [0.25, 0.3) is 0 Å². The van der Waals surface area contributed by atoms with Gasteiger partial charge in [0.2, 0.25) is 11.0 Å². The third-order valence-corrected chi connectivity index (χ3v) is 5.23. The van der Waals surface area contributed by atoms with E-state index in [0.717, 1.165) is 0 Å². The lowest BCUT2D eigenvalue weighted by molar-refractivity contribution is -0.116. The summed E-state index contributed by atoms with van der Waals surface area (Å²) >= 11 is 8.70. The number of thioether (sulfide) groups is 1. The maximum absolute atomic E-state index is 12.6. The number of amides is 1. The van der Waals surface area contributed by atoms with E-state index in [-0.39, 0.29) is 18.1 Å². The largest absolute Gasteiger partial charge is 0.357 e. The molecule has 0 aliphatic carbocycles. The Balaban J connectivity index is 2.00. The molecule has 2 aromatic rings. The number of aromatic nitrogens is 2. The highest BCUT2D eigenvalue weighted by atomic mass is 35.5. The summed E-state index contributed by atoms with van der Waals surface area (Å²) in [5, 5.41) is 21.2. The van der Waals surface area contributed by atoms with Crippen LogP contribution in [0.4, 0.5) is 10.8 Å². The molecule has 1 aromatic carbocycles. The molecule has 0 unspecified atom stereocenters. The normalized spacial score (nSPS) is 10.1. The maximum atomic E-state index is 12.6. The van der Waals surface area contributed by atoms with Crippen molar-refractivity contribution in [3.8, 4) is 6.07 Å².